The second-order valence-electron chi connectivity index (χ2n) is 3.71. The predicted octanol–water partition coefficient (Wildman–Crippen LogP) is 3.05. The standard InChI is InChI=1S/C13H11ClN2O2/c14-10-2-1-3-11(6-10)16-8-12-5-4-9(7-15-12)13(17)18/h1-7,16H,8H2,(H,17,18). The third-order valence-corrected chi connectivity index (χ3v) is 2.61. The molecule has 0 atom stereocenters. The van der Waals surface area contributed by atoms with E-state index < -0.39 is 5.97 Å². The Kier molecular flexibility index (Phi) is 3.79. The molecule has 0 amide bonds. The Hall–Kier alpha value is -2.07. The summed E-state index contributed by atoms with van der Waals surface area (Å²) in [5.74, 6) is -0.975. The number of carboxylic acids is 1. The van der Waals surface area contributed by atoms with E-state index in [1.54, 1.807) is 12.1 Å². The quantitative estimate of drug-likeness (QED) is 0.889. The molecule has 0 aliphatic heterocycles. The molecule has 0 aliphatic rings. The molecule has 2 aromatic rings. The van der Waals surface area contributed by atoms with Gasteiger partial charge in [0.25, 0.3) is 0 Å². The van der Waals surface area contributed by atoms with Gasteiger partial charge >= 0.3 is 5.97 Å². The SMILES string of the molecule is O=C(O)c1ccc(CNc2cccc(Cl)c2)nc1. The molecule has 1 aromatic carbocycles. The largest absolute Gasteiger partial charge is 0.478 e. The Morgan fingerprint density at radius 2 is 2.17 bits per heavy atom. The summed E-state index contributed by atoms with van der Waals surface area (Å²) in [7, 11) is 0. The number of aromatic carboxylic acids is 1. The van der Waals surface area contributed by atoms with Gasteiger partial charge in [-0.2, -0.15) is 0 Å². The maximum atomic E-state index is 10.7. The fourth-order valence-corrected chi connectivity index (χ4v) is 1.64. The van der Waals surface area contributed by atoms with Crippen LogP contribution in [0.4, 0.5) is 5.69 Å². The maximum Gasteiger partial charge on any atom is 0.337 e. The molecule has 0 spiro atoms. The zero-order valence-corrected chi connectivity index (χ0v) is 10.2. The Bertz CT molecular complexity index is 555. The first kappa shape index (κ1) is 12.4. The van der Waals surface area contributed by atoms with E-state index in [1.165, 1.54) is 12.3 Å². The number of nitrogens with zero attached hydrogens (tertiary/aromatic N) is 1. The molecule has 0 saturated heterocycles. The molecule has 0 fully saturated rings. The minimum atomic E-state index is -0.975. The number of nitrogens with one attached hydrogen (secondary N) is 1. The van der Waals surface area contributed by atoms with Crippen LogP contribution >= 0.6 is 11.6 Å². The van der Waals surface area contributed by atoms with Crippen molar-refractivity contribution in [2.75, 3.05) is 5.32 Å². The van der Waals surface area contributed by atoms with Gasteiger partial charge in [0.15, 0.2) is 0 Å². The normalized spacial score (nSPS) is 10.1. The van der Waals surface area contributed by atoms with Crippen molar-refractivity contribution in [2.45, 2.75) is 6.54 Å². The molecular formula is C13H11ClN2O2. The molecule has 1 heterocycles. The van der Waals surface area contributed by atoms with Crippen LogP contribution in [0.5, 0.6) is 0 Å². The van der Waals surface area contributed by atoms with E-state index in [-0.39, 0.29) is 5.56 Å². The van der Waals surface area contributed by atoms with Gasteiger partial charge in [0.05, 0.1) is 17.8 Å². The van der Waals surface area contributed by atoms with Gasteiger partial charge in [-0.15, -0.1) is 0 Å². The third kappa shape index (κ3) is 3.21. The second-order valence-corrected chi connectivity index (χ2v) is 4.14. The Morgan fingerprint density at radius 1 is 1.33 bits per heavy atom. The lowest BCUT2D eigenvalue weighted by Gasteiger charge is -2.06. The van der Waals surface area contributed by atoms with Crippen LogP contribution in [0.3, 0.4) is 0 Å². The van der Waals surface area contributed by atoms with Crippen LogP contribution in [0.2, 0.25) is 5.02 Å². The highest BCUT2D eigenvalue weighted by Crippen LogP contribution is 2.15. The zero-order valence-electron chi connectivity index (χ0n) is 9.43. The van der Waals surface area contributed by atoms with Gasteiger partial charge in [0.1, 0.15) is 0 Å². The summed E-state index contributed by atoms with van der Waals surface area (Å²) in [4.78, 5) is 14.7. The van der Waals surface area contributed by atoms with E-state index in [0.29, 0.717) is 11.6 Å². The molecule has 0 aliphatic carbocycles. The first-order valence-electron chi connectivity index (χ1n) is 5.33. The molecule has 2 rings (SSSR count). The Labute approximate surface area is 109 Å². The number of aromatic nitrogens is 1. The summed E-state index contributed by atoms with van der Waals surface area (Å²) in [6.07, 6.45) is 1.34. The Balaban J connectivity index is 2.00. The van der Waals surface area contributed by atoms with Crippen molar-refractivity contribution in [1.82, 2.24) is 4.98 Å². The van der Waals surface area contributed by atoms with E-state index in [4.69, 9.17) is 16.7 Å². The highest BCUT2D eigenvalue weighted by atomic mass is 35.5. The predicted molar refractivity (Wildman–Crippen MR) is 70.0 cm³/mol. The molecule has 0 saturated carbocycles. The summed E-state index contributed by atoms with van der Waals surface area (Å²) >= 11 is 5.86. The van der Waals surface area contributed by atoms with Crippen LogP contribution in [0.1, 0.15) is 16.1 Å². The lowest BCUT2D eigenvalue weighted by atomic mass is 10.2. The number of pyridine rings is 1. The molecule has 92 valence electrons. The van der Waals surface area contributed by atoms with Gasteiger partial charge in [0.2, 0.25) is 0 Å². The Morgan fingerprint density at radius 3 is 2.78 bits per heavy atom. The topological polar surface area (TPSA) is 62.2 Å². The van der Waals surface area contributed by atoms with Gasteiger partial charge in [-0.3, -0.25) is 4.98 Å². The summed E-state index contributed by atoms with van der Waals surface area (Å²) in [5.41, 5.74) is 1.84. The average Bonchev–Trinajstić information content (AvgIpc) is 2.37. The molecular weight excluding hydrogens is 252 g/mol. The van der Waals surface area contributed by atoms with Crippen LogP contribution in [-0.2, 0) is 6.54 Å². The summed E-state index contributed by atoms with van der Waals surface area (Å²) in [6.45, 7) is 0.514. The first-order valence-corrected chi connectivity index (χ1v) is 5.70. The highest BCUT2D eigenvalue weighted by molar-refractivity contribution is 6.30. The minimum absolute atomic E-state index is 0.182. The third-order valence-electron chi connectivity index (χ3n) is 2.37. The lowest BCUT2D eigenvalue weighted by molar-refractivity contribution is 0.0696. The lowest BCUT2D eigenvalue weighted by Crippen LogP contribution is -2.03. The van der Waals surface area contributed by atoms with Gasteiger partial charge in [-0.05, 0) is 30.3 Å². The fraction of sp³-hybridized carbons (Fsp3) is 0.0769. The van der Waals surface area contributed by atoms with Crippen LogP contribution < -0.4 is 5.32 Å². The number of hydrogen-bond donors (Lipinski definition) is 2. The van der Waals surface area contributed by atoms with Crippen LogP contribution in [0.15, 0.2) is 42.6 Å². The fourth-order valence-electron chi connectivity index (χ4n) is 1.45. The number of hydrogen-bond acceptors (Lipinski definition) is 3. The molecule has 18 heavy (non-hydrogen) atoms. The highest BCUT2D eigenvalue weighted by Gasteiger charge is 2.02. The van der Waals surface area contributed by atoms with Crippen molar-refractivity contribution in [3.8, 4) is 0 Å². The van der Waals surface area contributed by atoms with Crippen molar-refractivity contribution in [1.29, 1.82) is 0 Å². The first-order chi connectivity index (χ1) is 8.65. The van der Waals surface area contributed by atoms with E-state index in [9.17, 15) is 4.79 Å². The number of halogens is 1. The average molecular weight is 263 g/mol. The van der Waals surface area contributed by atoms with Gasteiger partial charge < -0.3 is 10.4 Å². The van der Waals surface area contributed by atoms with Gasteiger partial charge in [0, 0.05) is 16.9 Å². The maximum absolute atomic E-state index is 10.7. The van der Waals surface area contributed by atoms with Crippen molar-refractivity contribution < 1.29 is 9.90 Å². The zero-order chi connectivity index (χ0) is 13.0. The van der Waals surface area contributed by atoms with Gasteiger partial charge in [-0.1, -0.05) is 17.7 Å². The number of carboxylic acid groups (broad SMARTS) is 1. The number of rotatable bonds is 4. The van der Waals surface area contributed by atoms with Crippen LogP contribution in [0.25, 0.3) is 0 Å². The van der Waals surface area contributed by atoms with Crippen molar-refractivity contribution in [3.05, 3.63) is 58.9 Å². The summed E-state index contributed by atoms with van der Waals surface area (Å²) in [5, 5.41) is 12.6. The van der Waals surface area contributed by atoms with Crippen LogP contribution in [0, 0.1) is 0 Å². The molecule has 2 N–H and O–H groups in total. The summed E-state index contributed by atoms with van der Waals surface area (Å²) < 4.78 is 0. The van der Waals surface area contributed by atoms with E-state index in [2.05, 4.69) is 10.3 Å². The monoisotopic (exact) mass is 262 g/mol. The molecule has 5 heteroatoms. The molecule has 0 bridgehead atoms. The minimum Gasteiger partial charge on any atom is -0.478 e. The smallest absolute Gasteiger partial charge is 0.337 e. The molecule has 4 nitrogen and oxygen atoms in total. The van der Waals surface area contributed by atoms with E-state index >= 15 is 0 Å². The second kappa shape index (κ2) is 5.51. The van der Waals surface area contributed by atoms with Crippen molar-refractivity contribution in [3.63, 3.8) is 0 Å². The van der Waals surface area contributed by atoms with Crippen molar-refractivity contribution in [2.24, 2.45) is 0 Å². The number of benzene rings is 1. The summed E-state index contributed by atoms with van der Waals surface area (Å²) in [6, 6.07) is 10.6. The number of carbonyl (C=O) groups is 1. The molecule has 0 radical (unpaired) electrons. The molecule has 1 aromatic heterocycles. The number of anilines is 1. The van der Waals surface area contributed by atoms with Gasteiger partial charge in [-0.25, -0.2) is 4.79 Å². The van der Waals surface area contributed by atoms with E-state index in [1.807, 2.05) is 18.2 Å². The molecule has 0 unspecified atom stereocenters. The van der Waals surface area contributed by atoms with E-state index in [0.717, 1.165) is 11.4 Å². The van der Waals surface area contributed by atoms with Crippen molar-refractivity contribution >= 4 is 23.3 Å². The van der Waals surface area contributed by atoms with Crippen LogP contribution in [-0.4, -0.2) is 16.1 Å².